The molecule has 2 rings (SSSR count). The number of halogens is 1. The molecule has 0 fully saturated rings. The molecule has 2 aromatic heterocycles. The summed E-state index contributed by atoms with van der Waals surface area (Å²) in [5.41, 5.74) is 2.23. The van der Waals surface area contributed by atoms with Crippen molar-refractivity contribution in [2.24, 2.45) is 0 Å². The van der Waals surface area contributed by atoms with Gasteiger partial charge in [0.25, 0.3) is 5.91 Å². The van der Waals surface area contributed by atoms with E-state index in [-0.39, 0.29) is 11.9 Å². The molecule has 0 aliphatic rings. The van der Waals surface area contributed by atoms with Gasteiger partial charge in [0, 0.05) is 37.0 Å². The number of anilines is 2. The van der Waals surface area contributed by atoms with Gasteiger partial charge in [0.2, 0.25) is 0 Å². The van der Waals surface area contributed by atoms with Gasteiger partial charge in [-0.1, -0.05) is 0 Å². The fourth-order valence-electron chi connectivity index (χ4n) is 2.11. The molecule has 0 aromatic carbocycles. The first-order chi connectivity index (χ1) is 9.90. The summed E-state index contributed by atoms with van der Waals surface area (Å²) >= 11 is 3.42. The van der Waals surface area contributed by atoms with Crippen molar-refractivity contribution in [2.45, 2.75) is 19.9 Å². The Labute approximate surface area is 133 Å². The number of amides is 1. The maximum Gasteiger partial charge on any atom is 0.272 e. The average molecular weight is 351 g/mol. The third-order valence-electron chi connectivity index (χ3n) is 3.13. The minimum absolute atomic E-state index is 0.148. The lowest BCUT2D eigenvalue weighted by Gasteiger charge is -2.18. The summed E-state index contributed by atoms with van der Waals surface area (Å²) in [6.45, 7) is 4.08. The fourth-order valence-corrected chi connectivity index (χ4v) is 2.55. The van der Waals surface area contributed by atoms with Crippen LogP contribution in [0.5, 0.6) is 0 Å². The molecular formula is C15H19BrN4O. The molecule has 6 heteroatoms. The highest BCUT2D eigenvalue weighted by Crippen LogP contribution is 2.25. The third kappa shape index (κ3) is 3.44. The monoisotopic (exact) mass is 350 g/mol. The maximum absolute atomic E-state index is 12.5. The van der Waals surface area contributed by atoms with Crippen LogP contribution < -0.4 is 10.2 Å². The van der Waals surface area contributed by atoms with E-state index in [9.17, 15) is 4.79 Å². The average Bonchev–Trinajstić information content (AvgIpc) is 2.81. The topological polar surface area (TPSA) is 50.2 Å². The van der Waals surface area contributed by atoms with Gasteiger partial charge >= 0.3 is 0 Å². The highest BCUT2D eigenvalue weighted by atomic mass is 79.9. The second-order valence-electron chi connectivity index (χ2n) is 5.29. The number of carbonyl (C=O) groups is 1. The molecule has 2 heterocycles. The van der Waals surface area contributed by atoms with Crippen LogP contribution in [0, 0.1) is 0 Å². The standard InChI is InChI=1S/C15H19BrN4O/c1-10(2)20-9-11(16)7-14(20)15(21)18-12-8-17-6-5-13(12)19(3)4/h5-10H,1-4H3,(H,18,21). The van der Waals surface area contributed by atoms with Crippen molar-refractivity contribution in [3.63, 3.8) is 0 Å². The van der Waals surface area contributed by atoms with Crippen LogP contribution in [0.3, 0.4) is 0 Å². The molecule has 0 bridgehead atoms. The Morgan fingerprint density at radius 2 is 2.14 bits per heavy atom. The Morgan fingerprint density at radius 3 is 2.76 bits per heavy atom. The highest BCUT2D eigenvalue weighted by Gasteiger charge is 2.16. The van der Waals surface area contributed by atoms with E-state index in [2.05, 4.69) is 26.2 Å². The number of hydrogen-bond donors (Lipinski definition) is 1. The Balaban J connectivity index is 2.31. The van der Waals surface area contributed by atoms with E-state index >= 15 is 0 Å². The Kier molecular flexibility index (Phi) is 4.67. The summed E-state index contributed by atoms with van der Waals surface area (Å²) in [6, 6.07) is 3.90. The molecule has 2 aromatic rings. The zero-order valence-electron chi connectivity index (χ0n) is 12.6. The Hall–Kier alpha value is -1.82. The first kappa shape index (κ1) is 15.6. The number of pyridine rings is 1. The van der Waals surface area contributed by atoms with Gasteiger partial charge in [-0.25, -0.2) is 0 Å². The van der Waals surface area contributed by atoms with Crippen LogP contribution in [0.1, 0.15) is 30.4 Å². The van der Waals surface area contributed by atoms with Gasteiger partial charge in [-0.05, 0) is 41.9 Å². The largest absolute Gasteiger partial charge is 0.376 e. The molecule has 0 unspecified atom stereocenters. The van der Waals surface area contributed by atoms with E-state index in [4.69, 9.17) is 0 Å². The number of aromatic nitrogens is 2. The van der Waals surface area contributed by atoms with Gasteiger partial charge in [0.1, 0.15) is 5.69 Å². The van der Waals surface area contributed by atoms with Crippen LogP contribution in [0.25, 0.3) is 0 Å². The molecule has 0 aliphatic heterocycles. The summed E-state index contributed by atoms with van der Waals surface area (Å²) in [4.78, 5) is 18.5. The van der Waals surface area contributed by atoms with Crippen LogP contribution in [0.2, 0.25) is 0 Å². The summed E-state index contributed by atoms with van der Waals surface area (Å²) < 4.78 is 2.82. The molecule has 0 radical (unpaired) electrons. The van der Waals surface area contributed by atoms with E-state index < -0.39 is 0 Å². The van der Waals surface area contributed by atoms with Gasteiger partial charge < -0.3 is 14.8 Å². The third-order valence-corrected chi connectivity index (χ3v) is 3.57. The molecule has 0 saturated carbocycles. The first-order valence-electron chi connectivity index (χ1n) is 6.70. The van der Waals surface area contributed by atoms with Gasteiger partial charge in [-0.15, -0.1) is 0 Å². The van der Waals surface area contributed by atoms with Crippen LogP contribution in [0.15, 0.2) is 35.2 Å². The van der Waals surface area contributed by atoms with Gasteiger partial charge in [-0.3, -0.25) is 9.78 Å². The van der Waals surface area contributed by atoms with Crippen LogP contribution >= 0.6 is 15.9 Å². The van der Waals surface area contributed by atoms with Crippen molar-refractivity contribution in [1.29, 1.82) is 0 Å². The Bertz CT molecular complexity index is 649. The minimum Gasteiger partial charge on any atom is -0.376 e. The van der Waals surface area contributed by atoms with Gasteiger partial charge in [-0.2, -0.15) is 0 Å². The van der Waals surface area contributed by atoms with Crippen LogP contribution in [-0.4, -0.2) is 29.6 Å². The summed E-state index contributed by atoms with van der Waals surface area (Å²) in [7, 11) is 3.86. The molecule has 0 atom stereocenters. The van der Waals surface area contributed by atoms with Crippen molar-refractivity contribution in [2.75, 3.05) is 24.3 Å². The smallest absolute Gasteiger partial charge is 0.272 e. The molecule has 112 valence electrons. The van der Waals surface area contributed by atoms with Crippen LogP contribution in [-0.2, 0) is 0 Å². The first-order valence-corrected chi connectivity index (χ1v) is 7.49. The van der Waals surface area contributed by atoms with Gasteiger partial charge in [0.05, 0.1) is 17.6 Å². The Morgan fingerprint density at radius 1 is 1.43 bits per heavy atom. The fraction of sp³-hybridized carbons (Fsp3) is 0.333. The summed E-state index contributed by atoms with van der Waals surface area (Å²) in [5.74, 6) is -0.148. The predicted octanol–water partition coefficient (Wildman–Crippen LogP) is 3.54. The van der Waals surface area contributed by atoms with Crippen LogP contribution in [0.4, 0.5) is 11.4 Å². The minimum atomic E-state index is -0.148. The van der Waals surface area contributed by atoms with Crippen molar-refractivity contribution in [1.82, 2.24) is 9.55 Å². The molecule has 1 N–H and O–H groups in total. The molecule has 21 heavy (non-hydrogen) atoms. The maximum atomic E-state index is 12.5. The van der Waals surface area contributed by atoms with E-state index in [1.54, 1.807) is 12.4 Å². The lowest BCUT2D eigenvalue weighted by atomic mass is 10.3. The second-order valence-corrected chi connectivity index (χ2v) is 6.20. The normalized spacial score (nSPS) is 10.8. The second kappa shape index (κ2) is 6.30. The molecule has 0 saturated heterocycles. The molecule has 1 amide bonds. The van der Waals surface area contributed by atoms with E-state index in [1.165, 1.54) is 0 Å². The lowest BCUT2D eigenvalue weighted by molar-refractivity contribution is 0.101. The molecule has 0 aliphatic carbocycles. The lowest BCUT2D eigenvalue weighted by Crippen LogP contribution is -2.20. The predicted molar refractivity (Wildman–Crippen MR) is 89.0 cm³/mol. The SMILES string of the molecule is CC(C)n1cc(Br)cc1C(=O)Nc1cnccc1N(C)C. The zero-order chi connectivity index (χ0) is 15.6. The van der Waals surface area contributed by atoms with Crippen molar-refractivity contribution >= 4 is 33.2 Å². The van der Waals surface area contributed by atoms with Crippen molar-refractivity contribution in [3.05, 3.63) is 40.9 Å². The van der Waals surface area contributed by atoms with E-state index in [0.29, 0.717) is 11.4 Å². The number of carbonyl (C=O) groups excluding carboxylic acids is 1. The van der Waals surface area contributed by atoms with Gasteiger partial charge in [0.15, 0.2) is 0 Å². The molecular weight excluding hydrogens is 332 g/mol. The number of nitrogens with one attached hydrogen (secondary N) is 1. The van der Waals surface area contributed by atoms with E-state index in [1.807, 2.05) is 55.7 Å². The zero-order valence-corrected chi connectivity index (χ0v) is 14.2. The van der Waals surface area contributed by atoms with Crippen molar-refractivity contribution < 1.29 is 4.79 Å². The van der Waals surface area contributed by atoms with Crippen molar-refractivity contribution in [3.8, 4) is 0 Å². The summed E-state index contributed by atoms with van der Waals surface area (Å²) in [5, 5.41) is 2.93. The number of rotatable bonds is 4. The quantitative estimate of drug-likeness (QED) is 0.917. The number of hydrogen-bond acceptors (Lipinski definition) is 3. The summed E-state index contributed by atoms with van der Waals surface area (Å²) in [6.07, 6.45) is 5.28. The molecule has 5 nitrogen and oxygen atoms in total. The van der Waals surface area contributed by atoms with E-state index in [0.717, 1.165) is 10.2 Å². The highest BCUT2D eigenvalue weighted by molar-refractivity contribution is 9.10. The molecule has 0 spiro atoms. The number of nitrogens with zero attached hydrogens (tertiary/aromatic N) is 3.